The number of carbonyl (C=O) groups is 4. The molecule has 2 amide bonds. The van der Waals surface area contributed by atoms with Crippen molar-refractivity contribution in [1.82, 2.24) is 0 Å². The molecule has 14 nitrogen and oxygen atoms in total. The van der Waals surface area contributed by atoms with E-state index in [9.17, 15) is 29.4 Å². The second-order valence-electron chi connectivity index (χ2n) is 16.6. The molecule has 0 unspecified atom stereocenters. The normalized spacial score (nSPS) is 15.3. The summed E-state index contributed by atoms with van der Waals surface area (Å²) >= 11 is 3.87. The molecule has 2 aliphatic heterocycles. The van der Waals surface area contributed by atoms with E-state index in [-0.39, 0.29) is 31.8 Å². The maximum atomic E-state index is 12.3. The molecular formula is C52H48I2N6O8. The third kappa shape index (κ3) is 10.3. The number of carbonyl (C=O) groups excluding carboxylic acids is 2. The minimum atomic E-state index is -1.09. The van der Waals surface area contributed by atoms with Crippen molar-refractivity contribution in [3.05, 3.63) is 154 Å². The van der Waals surface area contributed by atoms with Crippen LogP contribution in [0.2, 0.25) is 0 Å². The molecule has 2 heterocycles. The molecule has 0 spiro atoms. The van der Waals surface area contributed by atoms with E-state index in [4.69, 9.17) is 9.47 Å². The van der Waals surface area contributed by atoms with Crippen LogP contribution in [0.15, 0.2) is 142 Å². The number of aliphatic carboxylic acids is 2. The smallest absolute Gasteiger partial charge is 0.336 e. The second-order valence-corrected chi connectivity index (χ2v) is 18.1. The maximum absolute atomic E-state index is 12.3. The summed E-state index contributed by atoms with van der Waals surface area (Å²) in [5.74, 6) is -0.218. The van der Waals surface area contributed by atoms with Crippen LogP contribution in [0.25, 0.3) is 11.1 Å². The van der Waals surface area contributed by atoms with Gasteiger partial charge in [-0.05, 0) is 84.0 Å². The largest absolute Gasteiger partial charge is 0.478 e. The van der Waals surface area contributed by atoms with Gasteiger partial charge in [-0.3, -0.25) is 9.59 Å². The molecule has 0 radical (unpaired) electrons. The van der Waals surface area contributed by atoms with Crippen molar-refractivity contribution >= 4 is 114 Å². The molecule has 0 saturated carbocycles. The van der Waals surface area contributed by atoms with Gasteiger partial charge in [0.2, 0.25) is 0 Å². The molecule has 0 fully saturated rings. The lowest BCUT2D eigenvalue weighted by atomic mass is 9.84. The lowest BCUT2D eigenvalue weighted by Crippen LogP contribution is -2.15. The van der Waals surface area contributed by atoms with Crippen LogP contribution in [0, 0.1) is 0 Å². The van der Waals surface area contributed by atoms with Gasteiger partial charge in [0.05, 0.1) is 31.4 Å². The molecule has 4 aromatic carbocycles. The van der Waals surface area contributed by atoms with Crippen LogP contribution in [0.5, 0.6) is 23.0 Å². The first-order valence-corrected chi connectivity index (χ1v) is 24.2. The Morgan fingerprint density at radius 3 is 0.985 bits per heavy atom. The molecule has 2 N–H and O–H groups in total. The van der Waals surface area contributed by atoms with Crippen LogP contribution >= 0.6 is 45.2 Å². The van der Waals surface area contributed by atoms with Gasteiger partial charge < -0.3 is 39.3 Å². The van der Waals surface area contributed by atoms with Gasteiger partial charge in [0.25, 0.3) is 11.8 Å². The van der Waals surface area contributed by atoms with E-state index in [1.807, 2.05) is 194 Å². The standard InChI is InChI=1S/2C26H24IN3O4/c2*1-29(2)16-6-9-19-22(12-16)34-23-13-17(30(3)4)7-10-20(23)25(19)18-8-5-15(28-24(31)14-27)11-21(18)26(32)33/h2*5-13H,14H2,1-4H3,(H,32,33). The third-order valence-electron chi connectivity index (χ3n) is 11.2. The Hall–Kier alpha value is -6.80. The van der Waals surface area contributed by atoms with Crippen LogP contribution < -0.4 is 29.1 Å². The van der Waals surface area contributed by atoms with Crippen LogP contribution in [0.3, 0.4) is 0 Å². The zero-order valence-corrected chi connectivity index (χ0v) is 42.9. The first kappa shape index (κ1) is 49.1. The SMILES string of the molecule is CN(C)c1ccc2c(c1)Oc1cc(N(C)C)ccc1C2=C1C=CC(=NC(=O)CI)C=C1C(=O)O.CN(C)c1ccc2c(c1)Oc1cc(N(C)C)ccc1C2=C1C=CC(=NC(=O)CI)C=C1C(=O)O. The quantitative estimate of drug-likeness (QED) is 0.110. The predicted octanol–water partition coefficient (Wildman–Crippen LogP) is 9.42. The van der Waals surface area contributed by atoms with Gasteiger partial charge in [0.1, 0.15) is 23.0 Å². The maximum Gasteiger partial charge on any atom is 0.336 e. The number of anilines is 4. The van der Waals surface area contributed by atoms with E-state index >= 15 is 0 Å². The highest BCUT2D eigenvalue weighted by Gasteiger charge is 2.31. The number of carboxylic acids is 2. The third-order valence-corrected chi connectivity index (χ3v) is 12.5. The fourth-order valence-electron chi connectivity index (χ4n) is 7.77. The summed E-state index contributed by atoms with van der Waals surface area (Å²) in [4.78, 5) is 64.1. The number of nitrogens with zero attached hydrogens (tertiary/aromatic N) is 6. The first-order valence-electron chi connectivity index (χ1n) is 21.1. The fraction of sp³-hybridized carbons (Fsp3) is 0.192. The monoisotopic (exact) mass is 1140 g/mol. The molecule has 2 aliphatic carbocycles. The Balaban J connectivity index is 0.000000201. The van der Waals surface area contributed by atoms with Crippen LogP contribution in [-0.2, 0) is 19.2 Å². The predicted molar refractivity (Wildman–Crippen MR) is 288 cm³/mol. The molecule has 4 aromatic rings. The summed E-state index contributed by atoms with van der Waals surface area (Å²) < 4.78 is 13.1. The van der Waals surface area contributed by atoms with Gasteiger partial charge >= 0.3 is 11.9 Å². The van der Waals surface area contributed by atoms with Gasteiger partial charge in [-0.25, -0.2) is 19.6 Å². The number of benzene rings is 4. The topological polar surface area (TPSA) is 165 Å². The minimum Gasteiger partial charge on any atom is -0.478 e. The highest BCUT2D eigenvalue weighted by Crippen LogP contribution is 2.50. The number of carboxylic acid groups (broad SMARTS) is 2. The van der Waals surface area contributed by atoms with Crippen LogP contribution in [0.1, 0.15) is 22.3 Å². The summed E-state index contributed by atoms with van der Waals surface area (Å²) in [6, 6.07) is 23.5. The number of allylic oxidation sites excluding steroid dienone is 6. The Kier molecular flexibility index (Phi) is 14.9. The molecule has 68 heavy (non-hydrogen) atoms. The highest BCUT2D eigenvalue weighted by atomic mass is 127. The van der Waals surface area contributed by atoms with Crippen molar-refractivity contribution in [2.24, 2.45) is 9.98 Å². The number of rotatable bonds is 8. The zero-order valence-electron chi connectivity index (χ0n) is 38.6. The van der Waals surface area contributed by atoms with Crippen molar-refractivity contribution in [1.29, 1.82) is 0 Å². The number of hydrogen-bond acceptors (Lipinski definition) is 10. The Bertz CT molecular complexity index is 2720. The Morgan fingerprint density at radius 2 is 0.750 bits per heavy atom. The van der Waals surface area contributed by atoms with Gasteiger partial charge in [0, 0.05) is 137 Å². The number of aliphatic imine (C=N–C) groups is 2. The number of amides is 2. The van der Waals surface area contributed by atoms with E-state index in [0.717, 1.165) is 56.1 Å². The fourth-order valence-corrected chi connectivity index (χ4v) is 8.11. The highest BCUT2D eigenvalue weighted by molar-refractivity contribution is 14.1. The Labute approximate surface area is 421 Å². The van der Waals surface area contributed by atoms with Crippen molar-refractivity contribution in [2.75, 3.05) is 84.8 Å². The van der Waals surface area contributed by atoms with Crippen molar-refractivity contribution in [2.45, 2.75) is 0 Å². The zero-order chi connectivity index (χ0) is 49.1. The molecule has 0 saturated heterocycles. The molecule has 0 aromatic heterocycles. The van der Waals surface area contributed by atoms with Crippen LogP contribution in [0.4, 0.5) is 22.7 Å². The average molecular weight is 1140 g/mol. The van der Waals surface area contributed by atoms with Gasteiger partial charge in [-0.1, -0.05) is 57.3 Å². The van der Waals surface area contributed by atoms with Gasteiger partial charge in [-0.15, -0.1) is 0 Å². The lowest BCUT2D eigenvalue weighted by Gasteiger charge is -2.28. The van der Waals surface area contributed by atoms with E-state index < -0.39 is 11.9 Å². The number of halogens is 2. The van der Waals surface area contributed by atoms with Gasteiger partial charge in [-0.2, -0.15) is 0 Å². The molecule has 16 heteroatoms. The molecule has 348 valence electrons. The second kappa shape index (κ2) is 20.6. The number of ether oxygens (including phenoxy) is 2. The summed E-state index contributed by atoms with van der Waals surface area (Å²) in [6.45, 7) is 0. The summed E-state index contributed by atoms with van der Waals surface area (Å²) in [7, 11) is 15.6. The molecular weight excluding hydrogens is 1090 g/mol. The van der Waals surface area contributed by atoms with Crippen molar-refractivity contribution in [3.8, 4) is 23.0 Å². The van der Waals surface area contributed by atoms with E-state index in [2.05, 4.69) is 9.98 Å². The molecule has 8 rings (SSSR count). The Morgan fingerprint density at radius 1 is 0.471 bits per heavy atom. The average Bonchev–Trinajstić information content (AvgIpc) is 3.31. The van der Waals surface area contributed by atoms with Crippen molar-refractivity contribution < 1.29 is 38.9 Å². The molecule has 4 aliphatic rings. The summed E-state index contributed by atoms with van der Waals surface area (Å²) in [5, 5.41) is 20.1. The number of alkyl halides is 2. The number of fused-ring (bicyclic) bond motifs is 4. The van der Waals surface area contributed by atoms with Gasteiger partial charge in [0.15, 0.2) is 0 Å². The summed E-state index contributed by atoms with van der Waals surface area (Å²) in [6.07, 6.45) is 9.69. The van der Waals surface area contributed by atoms with E-state index in [1.165, 1.54) is 12.2 Å². The lowest BCUT2D eigenvalue weighted by molar-refractivity contribution is -0.133. The number of hydrogen-bond donors (Lipinski definition) is 2. The molecule has 0 bridgehead atoms. The minimum absolute atomic E-state index is 0.0738. The van der Waals surface area contributed by atoms with E-state index in [0.29, 0.717) is 45.6 Å². The van der Waals surface area contributed by atoms with Crippen LogP contribution in [-0.4, -0.2) is 111 Å². The first-order chi connectivity index (χ1) is 32.4. The summed E-state index contributed by atoms with van der Waals surface area (Å²) in [5.41, 5.74) is 10.4. The van der Waals surface area contributed by atoms with E-state index in [1.54, 1.807) is 24.3 Å². The molecule has 0 atom stereocenters. The van der Waals surface area contributed by atoms with Crippen molar-refractivity contribution in [3.63, 3.8) is 0 Å².